The first-order chi connectivity index (χ1) is 13.5. The fourth-order valence-corrected chi connectivity index (χ4v) is 3.18. The van der Waals surface area contributed by atoms with E-state index >= 15 is 0 Å². The molecule has 0 aliphatic rings. The van der Waals surface area contributed by atoms with E-state index in [1.807, 2.05) is 36.4 Å². The van der Waals surface area contributed by atoms with E-state index < -0.39 is 0 Å². The molecule has 0 saturated heterocycles. The average molecular weight is 379 g/mol. The second kappa shape index (κ2) is 8.69. The van der Waals surface area contributed by atoms with Crippen molar-refractivity contribution < 1.29 is 9.53 Å². The van der Waals surface area contributed by atoms with E-state index in [0.717, 1.165) is 11.3 Å². The molecule has 6 nitrogen and oxygen atoms in total. The van der Waals surface area contributed by atoms with Gasteiger partial charge in [0.15, 0.2) is 0 Å². The molecule has 0 aliphatic carbocycles. The first-order valence-electron chi connectivity index (χ1n) is 9.37. The highest BCUT2D eigenvalue weighted by atomic mass is 16.5. The Balaban J connectivity index is 1.68. The molecule has 1 unspecified atom stereocenters. The van der Waals surface area contributed by atoms with Gasteiger partial charge in [0, 0.05) is 13.0 Å². The van der Waals surface area contributed by atoms with E-state index in [-0.39, 0.29) is 36.4 Å². The highest BCUT2D eigenvalue weighted by molar-refractivity contribution is 5.77. The van der Waals surface area contributed by atoms with Crippen LogP contribution in [0.4, 0.5) is 0 Å². The number of nitrogens with zero attached hydrogens (tertiary/aromatic N) is 2. The summed E-state index contributed by atoms with van der Waals surface area (Å²) in [4.78, 5) is 29.4. The van der Waals surface area contributed by atoms with Crippen molar-refractivity contribution in [1.82, 2.24) is 14.9 Å². The molecule has 2 aromatic carbocycles. The van der Waals surface area contributed by atoms with Gasteiger partial charge in [-0.05, 0) is 35.7 Å². The van der Waals surface area contributed by atoms with E-state index in [2.05, 4.69) is 24.1 Å². The number of aryl methyl sites for hydroxylation is 1. The lowest BCUT2D eigenvalue weighted by Gasteiger charge is -2.23. The second-order valence-electron chi connectivity index (χ2n) is 7.07. The zero-order valence-corrected chi connectivity index (χ0v) is 16.4. The number of ether oxygens (including phenoxy) is 1. The fraction of sp³-hybridized carbons (Fsp3) is 0.318. The SMILES string of the molecule is COc1ccc(C(NC(=O)CCn2cnc3ccccc3c2=O)C(C)C)cc1. The third-order valence-electron chi connectivity index (χ3n) is 4.77. The molecule has 0 fully saturated rings. The normalized spacial score (nSPS) is 12.1. The molecule has 0 spiro atoms. The van der Waals surface area contributed by atoms with Crippen molar-refractivity contribution in [2.24, 2.45) is 5.92 Å². The minimum Gasteiger partial charge on any atom is -0.497 e. The van der Waals surface area contributed by atoms with Gasteiger partial charge < -0.3 is 10.1 Å². The topological polar surface area (TPSA) is 73.2 Å². The molecular formula is C22H25N3O3. The largest absolute Gasteiger partial charge is 0.497 e. The van der Waals surface area contributed by atoms with Gasteiger partial charge in [0.25, 0.3) is 5.56 Å². The molecule has 1 atom stereocenters. The summed E-state index contributed by atoms with van der Waals surface area (Å²) in [5, 5.41) is 3.64. The molecule has 3 aromatic rings. The van der Waals surface area contributed by atoms with Crippen LogP contribution in [-0.2, 0) is 11.3 Å². The van der Waals surface area contributed by atoms with Gasteiger partial charge in [0.05, 0.1) is 30.4 Å². The Hall–Kier alpha value is -3.15. The van der Waals surface area contributed by atoms with Crippen LogP contribution >= 0.6 is 0 Å². The molecule has 1 heterocycles. The van der Waals surface area contributed by atoms with Crippen molar-refractivity contribution in [2.75, 3.05) is 7.11 Å². The quantitative estimate of drug-likeness (QED) is 0.684. The molecule has 3 rings (SSSR count). The standard InChI is InChI=1S/C22H25N3O3/c1-15(2)21(16-8-10-17(28-3)11-9-16)24-20(26)12-13-25-14-23-19-7-5-4-6-18(19)22(25)27/h4-11,14-15,21H,12-13H2,1-3H3,(H,24,26). The van der Waals surface area contributed by atoms with E-state index in [4.69, 9.17) is 4.74 Å². The van der Waals surface area contributed by atoms with Crippen molar-refractivity contribution in [2.45, 2.75) is 32.9 Å². The lowest BCUT2D eigenvalue weighted by molar-refractivity contribution is -0.122. The Kier molecular flexibility index (Phi) is 6.09. The van der Waals surface area contributed by atoms with Crippen molar-refractivity contribution in [3.05, 3.63) is 70.8 Å². The lowest BCUT2D eigenvalue weighted by atomic mass is 9.96. The first kappa shape index (κ1) is 19.6. The Labute approximate surface area is 164 Å². The summed E-state index contributed by atoms with van der Waals surface area (Å²) in [6.07, 6.45) is 1.71. The minimum absolute atomic E-state index is 0.102. The number of carbonyl (C=O) groups is 1. The van der Waals surface area contributed by atoms with Crippen LogP contribution in [0.5, 0.6) is 5.75 Å². The summed E-state index contributed by atoms with van der Waals surface area (Å²) < 4.78 is 6.68. The molecule has 0 radical (unpaired) electrons. The van der Waals surface area contributed by atoms with Gasteiger partial charge in [-0.2, -0.15) is 0 Å². The fourth-order valence-electron chi connectivity index (χ4n) is 3.18. The number of hydrogen-bond donors (Lipinski definition) is 1. The summed E-state index contributed by atoms with van der Waals surface area (Å²) >= 11 is 0. The van der Waals surface area contributed by atoms with E-state index in [1.165, 1.54) is 10.9 Å². The predicted molar refractivity (Wildman–Crippen MR) is 109 cm³/mol. The molecule has 146 valence electrons. The molecule has 1 amide bonds. The molecule has 0 aliphatic heterocycles. The van der Waals surface area contributed by atoms with Crippen molar-refractivity contribution in [3.8, 4) is 5.75 Å². The molecule has 6 heteroatoms. The van der Waals surface area contributed by atoms with Gasteiger partial charge in [-0.1, -0.05) is 38.1 Å². The number of methoxy groups -OCH3 is 1. The molecule has 0 saturated carbocycles. The van der Waals surface area contributed by atoms with Crippen LogP contribution in [0, 0.1) is 5.92 Å². The summed E-state index contributed by atoms with van der Waals surface area (Å²) in [5.41, 5.74) is 1.55. The van der Waals surface area contributed by atoms with Crippen LogP contribution in [-0.4, -0.2) is 22.6 Å². The molecule has 28 heavy (non-hydrogen) atoms. The molecule has 0 bridgehead atoms. The maximum atomic E-state index is 12.5. The monoisotopic (exact) mass is 379 g/mol. The summed E-state index contributed by atoms with van der Waals surface area (Å²) in [6.45, 7) is 4.41. The van der Waals surface area contributed by atoms with Gasteiger partial charge in [0.2, 0.25) is 5.91 Å². The Bertz CT molecular complexity index is 1010. The number of nitrogens with one attached hydrogen (secondary N) is 1. The van der Waals surface area contributed by atoms with E-state index in [9.17, 15) is 9.59 Å². The maximum absolute atomic E-state index is 12.5. The number of rotatable bonds is 7. The average Bonchev–Trinajstić information content (AvgIpc) is 2.71. The predicted octanol–water partition coefficient (Wildman–Crippen LogP) is 3.31. The number of amides is 1. The number of aromatic nitrogens is 2. The van der Waals surface area contributed by atoms with Gasteiger partial charge in [0.1, 0.15) is 5.75 Å². The van der Waals surface area contributed by atoms with Crippen LogP contribution in [0.3, 0.4) is 0 Å². The highest BCUT2D eigenvalue weighted by Gasteiger charge is 2.18. The maximum Gasteiger partial charge on any atom is 0.261 e. The van der Waals surface area contributed by atoms with Crippen molar-refractivity contribution in [1.29, 1.82) is 0 Å². The van der Waals surface area contributed by atoms with Crippen LogP contribution in [0.15, 0.2) is 59.7 Å². The van der Waals surface area contributed by atoms with Crippen molar-refractivity contribution in [3.63, 3.8) is 0 Å². The van der Waals surface area contributed by atoms with Gasteiger partial charge in [-0.15, -0.1) is 0 Å². The number of fused-ring (bicyclic) bond motifs is 1. The Morgan fingerprint density at radius 3 is 2.54 bits per heavy atom. The van der Waals surface area contributed by atoms with Crippen LogP contribution in [0.25, 0.3) is 10.9 Å². The zero-order chi connectivity index (χ0) is 20.1. The Morgan fingerprint density at radius 1 is 1.14 bits per heavy atom. The van der Waals surface area contributed by atoms with Gasteiger partial charge in [-0.3, -0.25) is 14.2 Å². The molecule has 1 N–H and O–H groups in total. The van der Waals surface area contributed by atoms with Crippen LogP contribution < -0.4 is 15.6 Å². The van der Waals surface area contributed by atoms with Crippen LogP contribution in [0.1, 0.15) is 31.9 Å². The molecular weight excluding hydrogens is 354 g/mol. The summed E-state index contributed by atoms with van der Waals surface area (Å²) in [6, 6.07) is 14.8. The smallest absolute Gasteiger partial charge is 0.261 e. The Morgan fingerprint density at radius 2 is 1.86 bits per heavy atom. The first-order valence-corrected chi connectivity index (χ1v) is 9.37. The lowest BCUT2D eigenvalue weighted by Crippen LogP contribution is -2.33. The highest BCUT2D eigenvalue weighted by Crippen LogP contribution is 2.24. The number of benzene rings is 2. The zero-order valence-electron chi connectivity index (χ0n) is 16.4. The number of carbonyl (C=O) groups excluding carboxylic acids is 1. The van der Waals surface area contributed by atoms with Gasteiger partial charge >= 0.3 is 0 Å². The number of para-hydroxylation sites is 1. The van der Waals surface area contributed by atoms with E-state index in [0.29, 0.717) is 10.9 Å². The minimum atomic E-state index is -0.131. The second-order valence-corrected chi connectivity index (χ2v) is 7.07. The molecule has 1 aromatic heterocycles. The van der Waals surface area contributed by atoms with Crippen molar-refractivity contribution >= 4 is 16.8 Å². The number of hydrogen-bond acceptors (Lipinski definition) is 4. The van der Waals surface area contributed by atoms with Crippen LogP contribution in [0.2, 0.25) is 0 Å². The summed E-state index contributed by atoms with van der Waals surface area (Å²) in [7, 11) is 1.63. The third-order valence-corrected chi connectivity index (χ3v) is 4.77. The summed E-state index contributed by atoms with van der Waals surface area (Å²) in [5.74, 6) is 0.901. The third kappa shape index (κ3) is 4.39. The van der Waals surface area contributed by atoms with E-state index in [1.54, 1.807) is 19.2 Å². The van der Waals surface area contributed by atoms with Gasteiger partial charge in [-0.25, -0.2) is 4.98 Å².